The molecule has 0 unspecified atom stereocenters. The molecule has 20 heavy (non-hydrogen) atoms. The molecule has 1 amide bonds. The molecular weight excluding hydrogens is 256 g/mol. The first-order valence-electron chi connectivity index (χ1n) is 7.11. The number of hydrogen-bond donors (Lipinski definition) is 0. The summed E-state index contributed by atoms with van der Waals surface area (Å²) in [6.07, 6.45) is 4.38. The predicted molar refractivity (Wildman–Crippen MR) is 76.8 cm³/mol. The summed E-state index contributed by atoms with van der Waals surface area (Å²) in [5, 5.41) is 11.0. The Hall–Kier alpha value is -1.91. The van der Waals surface area contributed by atoms with Crippen molar-refractivity contribution in [1.29, 1.82) is 0 Å². The van der Waals surface area contributed by atoms with E-state index in [0.29, 0.717) is 17.7 Å². The van der Waals surface area contributed by atoms with Crippen molar-refractivity contribution in [3.8, 4) is 0 Å². The lowest BCUT2D eigenvalue weighted by Crippen LogP contribution is -2.39. The molecule has 0 saturated heterocycles. The molecule has 2 rings (SSSR count). The van der Waals surface area contributed by atoms with Gasteiger partial charge in [-0.1, -0.05) is 18.9 Å². The third-order valence-corrected chi connectivity index (χ3v) is 4.10. The van der Waals surface area contributed by atoms with Gasteiger partial charge in [-0.2, -0.15) is 0 Å². The Kier molecular flexibility index (Phi) is 4.37. The Morgan fingerprint density at radius 3 is 2.60 bits per heavy atom. The maximum Gasteiger partial charge on any atom is 0.273 e. The molecule has 0 aromatic heterocycles. The largest absolute Gasteiger partial charge is 0.336 e. The van der Waals surface area contributed by atoms with Crippen LogP contribution in [0.1, 0.15) is 48.5 Å². The van der Waals surface area contributed by atoms with E-state index in [2.05, 4.69) is 0 Å². The number of nitrogens with zero attached hydrogens (tertiary/aromatic N) is 2. The third kappa shape index (κ3) is 2.66. The van der Waals surface area contributed by atoms with E-state index in [4.69, 9.17) is 0 Å². The molecule has 5 nitrogen and oxygen atoms in total. The second kappa shape index (κ2) is 6.03. The fourth-order valence-corrected chi connectivity index (χ4v) is 2.99. The second-order valence-corrected chi connectivity index (χ2v) is 5.24. The summed E-state index contributed by atoms with van der Waals surface area (Å²) in [7, 11) is 0. The number of carbonyl (C=O) groups excluding carboxylic acids is 1. The molecule has 5 heteroatoms. The molecule has 1 saturated carbocycles. The molecule has 0 aliphatic heterocycles. The minimum Gasteiger partial charge on any atom is -0.336 e. The zero-order valence-corrected chi connectivity index (χ0v) is 12.0. The quantitative estimate of drug-likeness (QED) is 0.626. The van der Waals surface area contributed by atoms with Gasteiger partial charge in [-0.3, -0.25) is 14.9 Å². The van der Waals surface area contributed by atoms with Gasteiger partial charge in [-0.15, -0.1) is 0 Å². The summed E-state index contributed by atoms with van der Waals surface area (Å²) >= 11 is 0. The molecule has 1 aromatic carbocycles. The van der Waals surface area contributed by atoms with Crippen LogP contribution in [0.2, 0.25) is 0 Å². The molecular formula is C15H20N2O3. The molecule has 0 N–H and O–H groups in total. The van der Waals surface area contributed by atoms with Crippen LogP contribution >= 0.6 is 0 Å². The first-order chi connectivity index (χ1) is 9.56. The van der Waals surface area contributed by atoms with Crippen LogP contribution < -0.4 is 0 Å². The summed E-state index contributed by atoms with van der Waals surface area (Å²) in [6, 6.07) is 4.99. The van der Waals surface area contributed by atoms with Crippen LogP contribution in [0.15, 0.2) is 18.2 Å². The van der Waals surface area contributed by atoms with E-state index < -0.39 is 4.92 Å². The average molecular weight is 276 g/mol. The molecule has 0 spiro atoms. The zero-order chi connectivity index (χ0) is 14.7. The lowest BCUT2D eigenvalue weighted by molar-refractivity contribution is -0.385. The summed E-state index contributed by atoms with van der Waals surface area (Å²) in [5.74, 6) is -0.0828. The standard InChI is InChI=1S/C15H20N2O3/c1-3-16(12-7-4-5-8-12)15(18)13-9-6-10-14(11(13)2)17(19)20/h6,9-10,12H,3-5,7-8H2,1-2H3. The van der Waals surface area contributed by atoms with E-state index >= 15 is 0 Å². The van der Waals surface area contributed by atoms with E-state index in [1.54, 1.807) is 19.1 Å². The van der Waals surface area contributed by atoms with E-state index in [-0.39, 0.29) is 17.6 Å². The van der Waals surface area contributed by atoms with Gasteiger partial charge in [-0.25, -0.2) is 0 Å². The SMILES string of the molecule is CCN(C(=O)c1cccc([N+](=O)[O-])c1C)C1CCCC1. The Labute approximate surface area is 118 Å². The monoisotopic (exact) mass is 276 g/mol. The van der Waals surface area contributed by atoms with Crippen molar-refractivity contribution in [1.82, 2.24) is 4.90 Å². The highest BCUT2D eigenvalue weighted by Crippen LogP contribution is 2.27. The molecule has 1 aliphatic rings. The molecule has 0 atom stereocenters. The van der Waals surface area contributed by atoms with Crippen molar-refractivity contribution in [3.63, 3.8) is 0 Å². The first-order valence-corrected chi connectivity index (χ1v) is 7.11. The number of amides is 1. The minimum absolute atomic E-state index is 0.0123. The molecule has 0 heterocycles. The van der Waals surface area contributed by atoms with Crippen molar-refractivity contribution in [2.24, 2.45) is 0 Å². The van der Waals surface area contributed by atoms with Crippen LogP contribution in [0.25, 0.3) is 0 Å². The highest BCUT2D eigenvalue weighted by Gasteiger charge is 2.28. The van der Waals surface area contributed by atoms with Crippen molar-refractivity contribution < 1.29 is 9.72 Å². The Balaban J connectivity index is 2.32. The number of nitro groups is 1. The average Bonchev–Trinajstić information content (AvgIpc) is 2.93. The Morgan fingerprint density at radius 1 is 1.40 bits per heavy atom. The maximum absolute atomic E-state index is 12.7. The number of hydrogen-bond acceptors (Lipinski definition) is 3. The van der Waals surface area contributed by atoms with Gasteiger partial charge in [0.2, 0.25) is 0 Å². The molecule has 108 valence electrons. The number of rotatable bonds is 4. The first kappa shape index (κ1) is 14.5. The van der Waals surface area contributed by atoms with E-state index in [1.165, 1.54) is 6.07 Å². The Bertz CT molecular complexity index is 522. The lowest BCUT2D eigenvalue weighted by atomic mass is 10.0. The molecule has 0 radical (unpaired) electrons. The van der Waals surface area contributed by atoms with Crippen molar-refractivity contribution in [2.45, 2.75) is 45.6 Å². The zero-order valence-electron chi connectivity index (χ0n) is 12.0. The van der Waals surface area contributed by atoms with Gasteiger partial charge in [0.15, 0.2) is 0 Å². The summed E-state index contributed by atoms with van der Waals surface area (Å²) in [6.45, 7) is 4.25. The molecule has 1 aliphatic carbocycles. The predicted octanol–water partition coefficient (Wildman–Crippen LogP) is 3.31. The number of benzene rings is 1. The third-order valence-electron chi connectivity index (χ3n) is 4.10. The van der Waals surface area contributed by atoms with Crippen LogP contribution in [0.4, 0.5) is 5.69 Å². The van der Waals surface area contributed by atoms with Crippen LogP contribution in [0.3, 0.4) is 0 Å². The van der Waals surface area contributed by atoms with Gasteiger partial charge in [0, 0.05) is 29.8 Å². The van der Waals surface area contributed by atoms with E-state index in [0.717, 1.165) is 25.7 Å². The minimum atomic E-state index is -0.433. The molecule has 1 aromatic rings. The fraction of sp³-hybridized carbons (Fsp3) is 0.533. The number of nitro benzene ring substituents is 1. The summed E-state index contributed by atoms with van der Waals surface area (Å²) in [5.41, 5.74) is 0.922. The van der Waals surface area contributed by atoms with Crippen LogP contribution in [0, 0.1) is 17.0 Å². The van der Waals surface area contributed by atoms with Crippen molar-refractivity contribution >= 4 is 11.6 Å². The van der Waals surface area contributed by atoms with Gasteiger partial charge in [0.25, 0.3) is 11.6 Å². The summed E-state index contributed by atoms with van der Waals surface area (Å²) in [4.78, 5) is 25.1. The highest BCUT2D eigenvalue weighted by atomic mass is 16.6. The maximum atomic E-state index is 12.7. The fourth-order valence-electron chi connectivity index (χ4n) is 2.99. The van der Waals surface area contributed by atoms with E-state index in [1.807, 2.05) is 11.8 Å². The smallest absolute Gasteiger partial charge is 0.273 e. The number of carbonyl (C=O) groups is 1. The van der Waals surface area contributed by atoms with Gasteiger partial charge in [0.05, 0.1) is 4.92 Å². The highest BCUT2D eigenvalue weighted by molar-refractivity contribution is 5.96. The van der Waals surface area contributed by atoms with Crippen LogP contribution in [0.5, 0.6) is 0 Å². The summed E-state index contributed by atoms with van der Waals surface area (Å²) < 4.78 is 0. The van der Waals surface area contributed by atoms with Crippen LogP contribution in [-0.2, 0) is 0 Å². The topological polar surface area (TPSA) is 63.5 Å². The van der Waals surface area contributed by atoms with Gasteiger partial charge in [0.1, 0.15) is 0 Å². The lowest BCUT2D eigenvalue weighted by Gasteiger charge is -2.28. The van der Waals surface area contributed by atoms with Crippen molar-refractivity contribution in [2.75, 3.05) is 6.54 Å². The van der Waals surface area contributed by atoms with Crippen LogP contribution in [-0.4, -0.2) is 28.3 Å². The van der Waals surface area contributed by atoms with Crippen molar-refractivity contribution in [3.05, 3.63) is 39.4 Å². The van der Waals surface area contributed by atoms with Gasteiger partial charge < -0.3 is 4.90 Å². The van der Waals surface area contributed by atoms with Gasteiger partial charge >= 0.3 is 0 Å². The normalized spacial score (nSPS) is 15.3. The molecule has 1 fully saturated rings. The van der Waals surface area contributed by atoms with E-state index in [9.17, 15) is 14.9 Å². The Morgan fingerprint density at radius 2 is 2.05 bits per heavy atom. The molecule has 0 bridgehead atoms. The van der Waals surface area contributed by atoms with Gasteiger partial charge in [-0.05, 0) is 32.8 Å². The second-order valence-electron chi connectivity index (χ2n) is 5.24.